The molecule has 1 fully saturated rings. The lowest BCUT2D eigenvalue weighted by atomic mass is 9.70. The van der Waals surface area contributed by atoms with Crippen LogP contribution in [0.5, 0.6) is 0 Å². The van der Waals surface area contributed by atoms with E-state index in [9.17, 15) is 0 Å². The first-order valence-corrected chi connectivity index (χ1v) is 20.2. The van der Waals surface area contributed by atoms with Crippen molar-refractivity contribution in [3.05, 3.63) is 186 Å². The molecule has 5 aromatic carbocycles. The fourth-order valence-electron chi connectivity index (χ4n) is 10.6. The molecule has 5 aliphatic rings. The van der Waals surface area contributed by atoms with Crippen LogP contribution in [0.15, 0.2) is 190 Å². The van der Waals surface area contributed by atoms with Crippen molar-refractivity contribution >= 4 is 38.4 Å². The van der Waals surface area contributed by atoms with E-state index in [1.165, 1.54) is 50.2 Å². The van der Waals surface area contributed by atoms with E-state index in [-0.39, 0.29) is 11.5 Å². The highest BCUT2D eigenvalue weighted by Gasteiger charge is 2.50. The van der Waals surface area contributed by atoms with E-state index < -0.39 is 0 Å². The van der Waals surface area contributed by atoms with Crippen molar-refractivity contribution in [3.63, 3.8) is 0 Å². The van der Waals surface area contributed by atoms with Crippen LogP contribution in [0, 0.1) is 17.3 Å². The van der Waals surface area contributed by atoms with Crippen molar-refractivity contribution in [2.45, 2.75) is 52.0 Å². The SMILES string of the molecule is CC1(C)C2CC=CC=C2C2=CC=C(N(c3ccc(-c4cc5c6ccc(-c7ccccc7)cc6oc5c5ccccc45)cc3)C3CC=CC4=C3C=CCC4)CC21. The van der Waals surface area contributed by atoms with Crippen LogP contribution in [0.1, 0.15) is 46.0 Å². The van der Waals surface area contributed by atoms with E-state index in [1.54, 1.807) is 11.1 Å². The lowest BCUT2D eigenvalue weighted by Gasteiger charge is -2.42. The van der Waals surface area contributed by atoms with Crippen molar-refractivity contribution in [2.24, 2.45) is 17.3 Å². The van der Waals surface area contributed by atoms with Gasteiger partial charge in [-0.15, -0.1) is 0 Å². The van der Waals surface area contributed by atoms with Gasteiger partial charge in [-0.25, -0.2) is 0 Å². The minimum atomic E-state index is 0.208. The third-order valence-corrected chi connectivity index (χ3v) is 13.5. The average molecular weight is 712 g/mol. The van der Waals surface area contributed by atoms with Crippen LogP contribution < -0.4 is 4.90 Å². The van der Waals surface area contributed by atoms with Crippen LogP contribution in [0.3, 0.4) is 0 Å². The molecule has 2 heteroatoms. The van der Waals surface area contributed by atoms with Crippen LogP contribution in [0.4, 0.5) is 5.69 Å². The van der Waals surface area contributed by atoms with Gasteiger partial charge in [0.15, 0.2) is 0 Å². The largest absolute Gasteiger partial charge is 0.455 e. The normalized spacial score (nSPS) is 22.4. The second-order valence-corrected chi connectivity index (χ2v) is 16.7. The summed E-state index contributed by atoms with van der Waals surface area (Å²) in [5, 5.41) is 4.67. The monoisotopic (exact) mass is 711 g/mol. The van der Waals surface area contributed by atoms with E-state index >= 15 is 0 Å². The Kier molecular flexibility index (Phi) is 7.46. The van der Waals surface area contributed by atoms with E-state index in [2.05, 4.69) is 177 Å². The summed E-state index contributed by atoms with van der Waals surface area (Å²) in [6.07, 6.45) is 27.0. The Morgan fingerprint density at radius 2 is 1.44 bits per heavy atom. The molecule has 3 unspecified atom stereocenters. The van der Waals surface area contributed by atoms with E-state index in [1.807, 2.05) is 0 Å². The van der Waals surface area contributed by atoms with E-state index in [0.717, 1.165) is 59.4 Å². The first kappa shape index (κ1) is 32.6. The third kappa shape index (κ3) is 5.14. The van der Waals surface area contributed by atoms with Crippen molar-refractivity contribution < 1.29 is 4.42 Å². The zero-order chi connectivity index (χ0) is 36.7. The maximum absolute atomic E-state index is 6.68. The quantitative estimate of drug-likeness (QED) is 0.177. The van der Waals surface area contributed by atoms with Crippen molar-refractivity contribution in [3.8, 4) is 22.3 Å². The summed E-state index contributed by atoms with van der Waals surface area (Å²) in [7, 11) is 0. The lowest BCUT2D eigenvalue weighted by Crippen LogP contribution is -2.39. The molecule has 6 aromatic rings. The number of furan rings is 1. The van der Waals surface area contributed by atoms with Gasteiger partial charge in [-0.2, -0.15) is 0 Å². The zero-order valence-electron chi connectivity index (χ0n) is 31.6. The van der Waals surface area contributed by atoms with Gasteiger partial charge < -0.3 is 9.32 Å². The number of rotatable bonds is 5. The highest BCUT2D eigenvalue weighted by molar-refractivity contribution is 6.19. The summed E-state index contributed by atoms with van der Waals surface area (Å²) in [4.78, 5) is 2.70. The molecule has 0 amide bonds. The maximum atomic E-state index is 6.68. The predicted octanol–water partition coefficient (Wildman–Crippen LogP) is 14.2. The summed E-state index contributed by atoms with van der Waals surface area (Å²) in [5.41, 5.74) is 15.7. The molecule has 0 spiro atoms. The molecule has 55 heavy (non-hydrogen) atoms. The molecule has 11 rings (SSSR count). The van der Waals surface area contributed by atoms with E-state index in [4.69, 9.17) is 4.42 Å². The predicted molar refractivity (Wildman–Crippen MR) is 231 cm³/mol. The Balaban J connectivity index is 1.02. The molecule has 0 saturated heterocycles. The molecule has 5 aliphatic carbocycles. The second-order valence-electron chi connectivity index (χ2n) is 16.7. The molecule has 2 nitrogen and oxygen atoms in total. The van der Waals surface area contributed by atoms with Crippen LogP contribution in [-0.4, -0.2) is 6.04 Å². The lowest BCUT2D eigenvalue weighted by molar-refractivity contribution is 0.204. The molecular weight excluding hydrogens is 667 g/mol. The van der Waals surface area contributed by atoms with Crippen LogP contribution in [0.2, 0.25) is 0 Å². The maximum Gasteiger partial charge on any atom is 0.143 e. The highest BCUT2D eigenvalue weighted by Crippen LogP contribution is 2.59. The Hall–Kier alpha value is -5.86. The van der Waals surface area contributed by atoms with Gasteiger partial charge in [-0.1, -0.05) is 135 Å². The van der Waals surface area contributed by atoms with Gasteiger partial charge in [0.2, 0.25) is 0 Å². The molecule has 0 bridgehead atoms. The Morgan fingerprint density at radius 3 is 2.31 bits per heavy atom. The Labute approximate surface area is 323 Å². The third-order valence-electron chi connectivity index (χ3n) is 13.5. The van der Waals surface area contributed by atoms with Gasteiger partial charge >= 0.3 is 0 Å². The first-order chi connectivity index (χ1) is 27.0. The minimum Gasteiger partial charge on any atom is -0.455 e. The van der Waals surface area contributed by atoms with Crippen LogP contribution >= 0.6 is 0 Å². The first-order valence-electron chi connectivity index (χ1n) is 20.2. The summed E-state index contributed by atoms with van der Waals surface area (Å²) in [6, 6.07) is 38.0. The van der Waals surface area contributed by atoms with Crippen LogP contribution in [-0.2, 0) is 0 Å². The van der Waals surface area contributed by atoms with Crippen LogP contribution in [0.25, 0.3) is 55.0 Å². The summed E-state index contributed by atoms with van der Waals surface area (Å²) >= 11 is 0. The average Bonchev–Trinajstić information content (AvgIpc) is 3.72. The van der Waals surface area contributed by atoms with Gasteiger partial charge in [0.25, 0.3) is 0 Å². The summed E-state index contributed by atoms with van der Waals surface area (Å²) in [6.45, 7) is 5.03. The Bertz CT molecular complexity index is 2760. The topological polar surface area (TPSA) is 16.4 Å². The number of hydrogen-bond acceptors (Lipinski definition) is 2. The van der Waals surface area contributed by atoms with E-state index in [0.29, 0.717) is 11.8 Å². The number of hydrogen-bond donors (Lipinski definition) is 0. The van der Waals surface area contributed by atoms with Crippen molar-refractivity contribution in [2.75, 3.05) is 4.90 Å². The molecule has 1 aromatic heterocycles. The molecule has 0 aliphatic heterocycles. The van der Waals surface area contributed by atoms with Gasteiger partial charge in [0, 0.05) is 27.5 Å². The number of fused-ring (bicyclic) bond motifs is 8. The smallest absolute Gasteiger partial charge is 0.143 e. The zero-order valence-corrected chi connectivity index (χ0v) is 31.6. The fourth-order valence-corrected chi connectivity index (χ4v) is 10.6. The van der Waals surface area contributed by atoms with Crippen molar-refractivity contribution in [1.29, 1.82) is 0 Å². The number of anilines is 1. The second kappa shape index (κ2) is 12.6. The number of nitrogens with zero attached hydrogens (tertiary/aromatic N) is 1. The van der Waals surface area contributed by atoms with Gasteiger partial charge in [0.1, 0.15) is 11.2 Å². The molecule has 1 heterocycles. The molecular formula is C53H45NO. The Morgan fingerprint density at radius 1 is 0.636 bits per heavy atom. The molecule has 0 radical (unpaired) electrons. The highest BCUT2D eigenvalue weighted by atomic mass is 16.3. The van der Waals surface area contributed by atoms with Gasteiger partial charge in [-0.3, -0.25) is 0 Å². The number of allylic oxidation sites excluding steroid dienone is 11. The summed E-state index contributed by atoms with van der Waals surface area (Å²) < 4.78 is 6.68. The molecule has 0 N–H and O–H groups in total. The standard InChI is InChI=1S/C53H45NO/c1-53(2)48-21-11-10-19-42(48)43-30-28-39(32-49(43)53)54(50-22-12-16-35-15-6-7-17-40(35)50)38-26-23-36(24-27-38)46-33-47-44-29-25-37(34-13-4-3-5-14-34)31-51(44)55-52(47)45-20-9-8-18-41(45)46/h3-5,7-14,16-20,23-31,33,48-50H,6,15,21-22,32H2,1-2H3. The summed E-state index contributed by atoms with van der Waals surface area (Å²) in [5.74, 6) is 1.10. The molecule has 268 valence electrons. The van der Waals surface area contributed by atoms with Gasteiger partial charge in [-0.05, 0) is 136 Å². The van der Waals surface area contributed by atoms with Crippen molar-refractivity contribution in [1.82, 2.24) is 0 Å². The fraction of sp³-hybridized carbons (Fsp3) is 0.208. The number of benzene rings is 5. The molecule has 3 atom stereocenters. The van der Waals surface area contributed by atoms with Gasteiger partial charge in [0.05, 0.1) is 6.04 Å². The molecule has 1 saturated carbocycles. The minimum absolute atomic E-state index is 0.208.